The Morgan fingerprint density at radius 2 is 0.597 bits per heavy atom. The van der Waals surface area contributed by atoms with Gasteiger partial charge < -0.3 is 9.13 Å². The van der Waals surface area contributed by atoms with Crippen molar-refractivity contribution >= 4 is 107 Å². The smallest absolute Gasteiger partial charge is 0.179 e. The number of benzene rings is 10. The van der Waals surface area contributed by atoms with Gasteiger partial charge in [-0.25, -0.2) is 20.0 Å². The van der Waals surface area contributed by atoms with Gasteiger partial charge in [-0.2, -0.15) is 10.2 Å². The van der Waals surface area contributed by atoms with Crippen molar-refractivity contribution in [1.82, 2.24) is 19.4 Å². The van der Waals surface area contributed by atoms with Crippen LogP contribution in [-0.4, -0.2) is 27.4 Å². The number of aromatic nitrogens is 2. The van der Waals surface area contributed by atoms with Crippen LogP contribution in [0.15, 0.2) is 292 Å². The molecular weight excluding hydrogens is 957 g/mol. The predicted molar refractivity (Wildman–Crippen MR) is 321 cm³/mol. The Hall–Kier alpha value is -10.2. The van der Waals surface area contributed by atoms with Gasteiger partial charge >= 0.3 is 0 Å². The van der Waals surface area contributed by atoms with Crippen LogP contribution in [-0.2, 0) is 0 Å². The molecule has 6 heterocycles. The minimum atomic E-state index is -3.12. The zero-order valence-electron chi connectivity index (χ0n) is 41.8. The highest BCUT2D eigenvalue weighted by molar-refractivity contribution is 7.20. The Kier molecular flexibility index (Phi) is 9.48. The molecule has 0 amide bonds. The molecule has 2 aromatic heterocycles. The number of para-hydroxylation sites is 4. The summed E-state index contributed by atoms with van der Waals surface area (Å²) in [7, 11) is -3.12. The number of allylic oxidation sites excluding steroid dienone is 4. The maximum Gasteiger partial charge on any atom is 0.179 e. The summed E-state index contributed by atoms with van der Waals surface area (Å²) in [5.74, 6) is 0. The van der Waals surface area contributed by atoms with Crippen molar-refractivity contribution in [3.63, 3.8) is 0 Å². The summed E-state index contributed by atoms with van der Waals surface area (Å²) in [5.41, 5.74) is 13.5. The lowest BCUT2D eigenvalue weighted by Crippen LogP contribution is -2.74. The molecule has 16 rings (SSSR count). The Morgan fingerprint density at radius 1 is 0.247 bits per heavy atom. The normalized spacial score (nSPS) is 14.4. The molecule has 0 atom stereocenters. The molecular formula is C68H48N8Si. The fraction of sp³-hybridized carbons (Fsp3) is 0. The standard InChI is InChI=1S/C68H48N8Si/c1-3-23-53(24-4-1)77(54-25-5-2-6-26-54,55-27-19-21-51(45-55)75-65-39-37-49(47-67(65)69-41-15-17-43-71(69)75)73-61-33-11-7-29-57(61)58-30-8-12-34-62(58)73)56-28-20-22-52(46-56)76-66-40-38-50(48-68(66)70-42-16-18-44-72(70)76)74-63-35-13-9-31-59(63)60-32-10-14-36-64(60)74/h1-48H. The van der Waals surface area contributed by atoms with Crippen molar-refractivity contribution in [1.29, 1.82) is 0 Å². The van der Waals surface area contributed by atoms with Crippen LogP contribution in [0.2, 0.25) is 0 Å². The highest BCUT2D eigenvalue weighted by Gasteiger charge is 2.44. The van der Waals surface area contributed by atoms with Crippen LogP contribution >= 0.6 is 0 Å². The molecule has 10 aromatic carbocycles. The average Bonchev–Trinajstić information content (AvgIpc) is 4.25. The summed E-state index contributed by atoms with van der Waals surface area (Å²) >= 11 is 0. The van der Waals surface area contributed by atoms with E-state index in [1.54, 1.807) is 0 Å². The van der Waals surface area contributed by atoms with E-state index in [1.807, 2.05) is 0 Å². The van der Waals surface area contributed by atoms with Gasteiger partial charge in [-0.05, 0) is 130 Å². The van der Waals surface area contributed by atoms with Gasteiger partial charge in [-0.1, -0.05) is 158 Å². The molecule has 12 aromatic rings. The topological polar surface area (TPSA) is 29.3 Å². The molecule has 9 heteroatoms. The van der Waals surface area contributed by atoms with E-state index in [9.17, 15) is 0 Å². The van der Waals surface area contributed by atoms with Gasteiger partial charge in [0.05, 0.1) is 56.2 Å². The zero-order chi connectivity index (χ0) is 50.6. The lowest BCUT2D eigenvalue weighted by Gasteiger charge is -2.38. The quantitative estimate of drug-likeness (QED) is 0.111. The first-order valence-corrected chi connectivity index (χ1v) is 28.3. The second kappa shape index (κ2) is 16.9. The Bertz CT molecular complexity index is 4080. The number of hydrazine groups is 4. The van der Waals surface area contributed by atoms with Gasteiger partial charge in [-0.3, -0.25) is 0 Å². The van der Waals surface area contributed by atoms with Crippen molar-refractivity contribution in [2.75, 3.05) is 20.0 Å². The van der Waals surface area contributed by atoms with E-state index in [2.05, 4.69) is 331 Å². The van der Waals surface area contributed by atoms with Gasteiger partial charge in [0.15, 0.2) is 8.07 Å². The first kappa shape index (κ1) is 43.2. The van der Waals surface area contributed by atoms with Gasteiger partial charge in [0, 0.05) is 57.7 Å². The molecule has 0 fully saturated rings. The van der Waals surface area contributed by atoms with Gasteiger partial charge in [-0.15, -0.1) is 0 Å². The Balaban J connectivity index is 0.852. The van der Waals surface area contributed by atoms with Crippen molar-refractivity contribution in [2.45, 2.75) is 0 Å². The molecule has 0 unspecified atom stereocenters. The molecule has 0 spiro atoms. The van der Waals surface area contributed by atoms with E-state index in [-0.39, 0.29) is 0 Å². The summed E-state index contributed by atoms with van der Waals surface area (Å²) in [4.78, 5) is 0. The highest BCUT2D eigenvalue weighted by atomic mass is 28.3. The number of fused-ring (bicyclic) bond motifs is 12. The van der Waals surface area contributed by atoms with Gasteiger partial charge in [0.2, 0.25) is 0 Å². The predicted octanol–water partition coefficient (Wildman–Crippen LogP) is 13.5. The van der Waals surface area contributed by atoms with Crippen LogP contribution in [0.1, 0.15) is 0 Å². The molecule has 0 radical (unpaired) electrons. The monoisotopic (exact) mass is 1000 g/mol. The minimum absolute atomic E-state index is 1.07. The third-order valence-corrected chi connectivity index (χ3v) is 20.7. The lowest BCUT2D eigenvalue weighted by atomic mass is 10.2. The summed E-state index contributed by atoms with van der Waals surface area (Å²) in [5, 5.41) is 23.9. The molecule has 364 valence electrons. The van der Waals surface area contributed by atoms with Crippen LogP contribution in [0.4, 0.5) is 34.1 Å². The van der Waals surface area contributed by atoms with E-state index in [4.69, 9.17) is 0 Å². The molecule has 4 aliphatic rings. The van der Waals surface area contributed by atoms with Crippen molar-refractivity contribution in [3.8, 4) is 11.4 Å². The first-order chi connectivity index (χ1) is 38.2. The highest BCUT2D eigenvalue weighted by Crippen LogP contribution is 2.48. The largest absolute Gasteiger partial charge is 0.309 e. The summed E-state index contributed by atoms with van der Waals surface area (Å²) in [6.45, 7) is 0. The third kappa shape index (κ3) is 6.32. The third-order valence-electron chi connectivity index (χ3n) is 16.0. The summed E-state index contributed by atoms with van der Waals surface area (Å²) in [6.07, 6.45) is 17.1. The first-order valence-electron chi connectivity index (χ1n) is 26.3. The number of rotatable bonds is 8. The fourth-order valence-corrected chi connectivity index (χ4v) is 17.6. The van der Waals surface area contributed by atoms with E-state index < -0.39 is 8.07 Å². The van der Waals surface area contributed by atoms with Crippen LogP contribution in [0.5, 0.6) is 0 Å². The molecule has 4 aliphatic heterocycles. The molecule has 0 aliphatic carbocycles. The molecule has 0 bridgehead atoms. The Labute approximate surface area is 446 Å². The van der Waals surface area contributed by atoms with Crippen molar-refractivity contribution < 1.29 is 0 Å². The number of hydrogen-bond donors (Lipinski definition) is 0. The van der Waals surface area contributed by atoms with E-state index in [1.165, 1.54) is 64.4 Å². The number of hydrogen-bond acceptors (Lipinski definition) is 6. The van der Waals surface area contributed by atoms with E-state index in [0.29, 0.717) is 0 Å². The summed E-state index contributed by atoms with van der Waals surface area (Å²) in [6, 6.07) is 89.9. The molecule has 8 nitrogen and oxygen atoms in total. The van der Waals surface area contributed by atoms with Crippen molar-refractivity contribution in [2.24, 2.45) is 0 Å². The second-order valence-electron chi connectivity index (χ2n) is 20.0. The fourth-order valence-electron chi connectivity index (χ4n) is 12.8. The lowest BCUT2D eigenvalue weighted by molar-refractivity contribution is 0.408. The van der Waals surface area contributed by atoms with Crippen molar-refractivity contribution in [3.05, 3.63) is 292 Å². The van der Waals surface area contributed by atoms with Crippen LogP contribution in [0.25, 0.3) is 55.0 Å². The molecule has 77 heavy (non-hydrogen) atoms. The maximum atomic E-state index is 2.46. The van der Waals surface area contributed by atoms with E-state index in [0.717, 1.165) is 45.5 Å². The number of nitrogens with zero attached hydrogens (tertiary/aromatic N) is 8. The minimum Gasteiger partial charge on any atom is -0.309 e. The molecule has 0 N–H and O–H groups in total. The SMILES string of the molecule is C1=CN2c3cc(-n4c5ccccc5c5ccccc54)ccc3N(c3cccc([Si](c4ccccc4)(c4ccccc4)c4cccc(N5c6ccc(-n7c8ccccc8c8ccccc87)cc6N6C=CC=CN65)c4)c3)N2C=C1. The molecule has 0 saturated carbocycles. The van der Waals surface area contributed by atoms with Gasteiger partial charge in [0.25, 0.3) is 0 Å². The van der Waals surface area contributed by atoms with Gasteiger partial charge in [0.1, 0.15) is 0 Å². The number of anilines is 6. The van der Waals surface area contributed by atoms with Crippen LogP contribution in [0.3, 0.4) is 0 Å². The second-order valence-corrected chi connectivity index (χ2v) is 23.8. The zero-order valence-corrected chi connectivity index (χ0v) is 42.8. The van der Waals surface area contributed by atoms with Crippen LogP contribution < -0.4 is 40.8 Å². The molecule has 0 saturated heterocycles. The summed E-state index contributed by atoms with van der Waals surface area (Å²) < 4.78 is 4.80. The average molecular weight is 1010 g/mol. The maximum absolute atomic E-state index is 3.12. The Morgan fingerprint density at radius 3 is 1.00 bits per heavy atom. The van der Waals surface area contributed by atoms with E-state index >= 15 is 0 Å². The van der Waals surface area contributed by atoms with Crippen LogP contribution in [0, 0.1) is 0 Å².